The van der Waals surface area contributed by atoms with Crippen LogP contribution in [0.1, 0.15) is 41.5 Å². The molecule has 0 aromatic rings. The Morgan fingerprint density at radius 3 is 2.11 bits per heavy atom. The molecule has 0 spiro atoms. The highest BCUT2D eigenvalue weighted by Gasteiger charge is 2.62. The van der Waals surface area contributed by atoms with Gasteiger partial charge >= 0.3 is 0 Å². The molecule has 162 valence electrons. The van der Waals surface area contributed by atoms with E-state index < -0.39 is 62.8 Å². The number of amides is 2. The first-order valence-corrected chi connectivity index (χ1v) is 12.7. The van der Waals surface area contributed by atoms with Gasteiger partial charge in [-0.1, -0.05) is 27.7 Å². The second-order valence-corrected chi connectivity index (χ2v) is 14.4. The lowest BCUT2D eigenvalue weighted by Crippen LogP contribution is -2.75. The van der Waals surface area contributed by atoms with Crippen molar-refractivity contribution in [2.24, 2.45) is 11.3 Å². The number of nitrogens with zero attached hydrogens (tertiary/aromatic N) is 1. The van der Waals surface area contributed by atoms with E-state index in [1.54, 1.807) is 0 Å². The van der Waals surface area contributed by atoms with Gasteiger partial charge in [-0.15, -0.1) is 0 Å². The molecule has 0 aromatic heterocycles. The lowest BCUT2D eigenvalue weighted by molar-refractivity contribution is -0.270. The summed E-state index contributed by atoms with van der Waals surface area (Å²) >= 11 is 0. The Labute approximate surface area is 167 Å². The summed E-state index contributed by atoms with van der Waals surface area (Å²) in [4.78, 5) is 26.1. The molecule has 2 fully saturated rings. The molecule has 28 heavy (non-hydrogen) atoms. The Kier molecular flexibility index (Phi) is 6.23. The second-order valence-electron chi connectivity index (χ2n) is 9.81. The lowest BCUT2D eigenvalue weighted by Gasteiger charge is -2.54. The molecule has 0 unspecified atom stereocenters. The summed E-state index contributed by atoms with van der Waals surface area (Å²) in [5.41, 5.74) is -1.17. The number of likely N-dealkylation sites (tertiary alicyclic amines) is 1. The predicted molar refractivity (Wildman–Crippen MR) is 105 cm³/mol. The molecule has 0 aromatic carbocycles. The molecular weight excluding hydrogens is 382 g/mol. The minimum Gasteiger partial charge on any atom is -0.394 e. The van der Waals surface area contributed by atoms with E-state index in [4.69, 9.17) is 9.16 Å². The molecule has 2 aliphatic rings. The fourth-order valence-corrected chi connectivity index (χ4v) is 6.05. The Bertz CT molecular complexity index is 616. The number of β-lactam (4-membered cyclic amide) rings is 2. The van der Waals surface area contributed by atoms with Gasteiger partial charge in [-0.3, -0.25) is 14.5 Å². The zero-order chi connectivity index (χ0) is 21.8. The maximum atomic E-state index is 12.6. The molecule has 0 saturated carbocycles. The third kappa shape index (κ3) is 3.46. The summed E-state index contributed by atoms with van der Waals surface area (Å²) in [6.07, 6.45) is -5.11. The van der Waals surface area contributed by atoms with Gasteiger partial charge in [-0.05, 0) is 37.9 Å². The number of rotatable bonds is 6. The molecule has 3 N–H and O–H groups in total. The Balaban J connectivity index is 2.40. The van der Waals surface area contributed by atoms with Crippen molar-refractivity contribution < 1.29 is 34.1 Å². The summed E-state index contributed by atoms with van der Waals surface area (Å²) in [5.74, 6) is -0.599. The van der Waals surface area contributed by atoms with Crippen molar-refractivity contribution in [2.75, 3.05) is 6.61 Å². The van der Waals surface area contributed by atoms with Gasteiger partial charge in [-0.25, -0.2) is 0 Å². The van der Waals surface area contributed by atoms with E-state index in [1.807, 2.05) is 13.1 Å². The van der Waals surface area contributed by atoms with E-state index in [2.05, 4.69) is 27.7 Å². The van der Waals surface area contributed by atoms with Crippen LogP contribution in [0.5, 0.6) is 0 Å². The summed E-state index contributed by atoms with van der Waals surface area (Å²) in [7, 11) is -2.48. The van der Waals surface area contributed by atoms with Gasteiger partial charge in [-0.2, -0.15) is 0 Å². The van der Waals surface area contributed by atoms with Gasteiger partial charge in [0.05, 0.1) is 6.61 Å². The van der Waals surface area contributed by atoms with E-state index in [9.17, 15) is 24.9 Å². The molecular formula is C19H35NO7Si. The van der Waals surface area contributed by atoms with Gasteiger partial charge in [0.25, 0.3) is 0 Å². The molecule has 2 amide bonds. The highest BCUT2D eigenvalue weighted by Crippen LogP contribution is 2.47. The minimum atomic E-state index is -2.48. The van der Waals surface area contributed by atoms with Gasteiger partial charge in [0.1, 0.15) is 29.8 Å². The SMILES string of the molecule is CC(C)C(C)(C)[Si](C)(C)O[C@@H]1O[C@H](CO)[C@@H](O)[C@H](O)[C@H]1N1C(=O)C(C)(C)C1=O. The first kappa shape index (κ1) is 23.4. The van der Waals surface area contributed by atoms with Crippen molar-refractivity contribution in [3.63, 3.8) is 0 Å². The van der Waals surface area contributed by atoms with E-state index in [-0.39, 0.29) is 5.04 Å². The zero-order valence-electron chi connectivity index (χ0n) is 18.1. The number of hydrogen-bond donors (Lipinski definition) is 3. The minimum absolute atomic E-state index is 0.182. The van der Waals surface area contributed by atoms with E-state index in [0.717, 1.165) is 4.90 Å². The quantitative estimate of drug-likeness (QED) is 0.333. The number of aliphatic hydroxyl groups excluding tert-OH is 3. The maximum absolute atomic E-state index is 12.6. The van der Waals surface area contributed by atoms with Gasteiger partial charge in [0.2, 0.25) is 11.8 Å². The molecule has 2 heterocycles. The van der Waals surface area contributed by atoms with Crippen LogP contribution in [0.2, 0.25) is 18.1 Å². The second kappa shape index (κ2) is 7.44. The summed E-state index contributed by atoms with van der Waals surface area (Å²) in [5, 5.41) is 30.4. The molecule has 5 atom stereocenters. The highest BCUT2D eigenvalue weighted by atomic mass is 28.4. The van der Waals surface area contributed by atoms with Crippen LogP contribution in [0, 0.1) is 11.3 Å². The molecule has 0 radical (unpaired) electrons. The van der Waals surface area contributed by atoms with Crippen molar-refractivity contribution in [3.05, 3.63) is 0 Å². The molecule has 2 saturated heterocycles. The topological polar surface area (TPSA) is 117 Å². The van der Waals surface area contributed by atoms with Crippen LogP contribution in [0.25, 0.3) is 0 Å². The maximum Gasteiger partial charge on any atom is 0.244 e. The van der Waals surface area contributed by atoms with Gasteiger partial charge < -0.3 is 24.5 Å². The summed E-state index contributed by atoms with van der Waals surface area (Å²) in [6.45, 7) is 14.9. The van der Waals surface area contributed by atoms with Crippen molar-refractivity contribution in [3.8, 4) is 0 Å². The molecule has 2 aliphatic heterocycles. The first-order chi connectivity index (χ1) is 12.6. The van der Waals surface area contributed by atoms with Crippen molar-refractivity contribution in [1.82, 2.24) is 4.90 Å². The van der Waals surface area contributed by atoms with Crippen LogP contribution in [-0.4, -0.2) is 77.6 Å². The average Bonchev–Trinajstić information content (AvgIpc) is 2.59. The number of carbonyl (C=O) groups is 2. The number of carbonyl (C=O) groups excluding carboxylic acids is 2. The third-order valence-corrected chi connectivity index (χ3v) is 11.6. The van der Waals surface area contributed by atoms with Crippen LogP contribution in [-0.2, 0) is 18.8 Å². The van der Waals surface area contributed by atoms with Crippen LogP contribution >= 0.6 is 0 Å². The molecule has 9 heteroatoms. The highest BCUT2D eigenvalue weighted by molar-refractivity contribution is 6.74. The van der Waals surface area contributed by atoms with Crippen molar-refractivity contribution in [1.29, 1.82) is 0 Å². The predicted octanol–water partition coefficient (Wildman–Crippen LogP) is 0.847. The monoisotopic (exact) mass is 417 g/mol. The number of hydrogen-bond acceptors (Lipinski definition) is 7. The zero-order valence-corrected chi connectivity index (χ0v) is 19.1. The van der Waals surface area contributed by atoms with Crippen LogP contribution in [0.3, 0.4) is 0 Å². The van der Waals surface area contributed by atoms with Gasteiger partial charge in [0, 0.05) is 0 Å². The van der Waals surface area contributed by atoms with Crippen LogP contribution in [0.15, 0.2) is 0 Å². The Morgan fingerprint density at radius 2 is 1.68 bits per heavy atom. The van der Waals surface area contributed by atoms with Crippen molar-refractivity contribution >= 4 is 20.1 Å². The first-order valence-electron chi connectivity index (χ1n) is 9.79. The third-order valence-electron chi connectivity index (χ3n) is 7.06. The Morgan fingerprint density at radius 1 is 1.18 bits per heavy atom. The van der Waals surface area contributed by atoms with Gasteiger partial charge in [0.15, 0.2) is 14.6 Å². The lowest BCUT2D eigenvalue weighted by atomic mass is 9.79. The Hall–Kier alpha value is -0.843. The molecule has 0 aliphatic carbocycles. The fraction of sp³-hybridized carbons (Fsp3) is 0.895. The normalized spacial score (nSPS) is 34.0. The number of imide groups is 1. The van der Waals surface area contributed by atoms with Crippen LogP contribution < -0.4 is 0 Å². The van der Waals surface area contributed by atoms with E-state index >= 15 is 0 Å². The summed E-state index contributed by atoms with van der Waals surface area (Å²) in [6, 6.07) is -1.17. The van der Waals surface area contributed by atoms with E-state index in [0.29, 0.717) is 5.92 Å². The fourth-order valence-electron chi connectivity index (χ4n) is 3.58. The van der Waals surface area contributed by atoms with E-state index in [1.165, 1.54) is 13.8 Å². The summed E-state index contributed by atoms with van der Waals surface area (Å²) < 4.78 is 12.1. The average molecular weight is 418 g/mol. The molecule has 2 rings (SSSR count). The molecule has 8 nitrogen and oxygen atoms in total. The molecule has 0 bridgehead atoms. The smallest absolute Gasteiger partial charge is 0.244 e. The number of aliphatic hydroxyl groups is 3. The van der Waals surface area contributed by atoms with Crippen LogP contribution in [0.4, 0.5) is 0 Å². The standard InChI is InChI=1S/C19H35NO7Si/c1-10(2)19(5,6)28(7,8)27-15-12(14(23)13(22)11(9-21)26-15)20-16(24)18(3,4)17(20)25/h10-15,21-23H,9H2,1-8H3/t11-,12-,13-,14-,15+/m1/s1. The number of ether oxygens (including phenoxy) is 1. The largest absolute Gasteiger partial charge is 0.394 e. The van der Waals surface area contributed by atoms with Crippen molar-refractivity contribution in [2.45, 2.75) is 90.3 Å².